The molecule has 0 aliphatic heterocycles. The van der Waals surface area contributed by atoms with Crippen molar-refractivity contribution in [2.45, 2.75) is 142 Å². The minimum absolute atomic E-state index is 0.154. The predicted molar refractivity (Wildman–Crippen MR) is 145 cm³/mol. The van der Waals surface area contributed by atoms with Crippen LogP contribution in [0.25, 0.3) is 0 Å². The van der Waals surface area contributed by atoms with Crippen molar-refractivity contribution in [3.8, 4) is 0 Å². The quantitative estimate of drug-likeness (QED) is 0.0707. The normalized spacial score (nSPS) is 15.0. The van der Waals surface area contributed by atoms with Gasteiger partial charge >= 0.3 is 13.6 Å². The molecule has 0 heterocycles. The Kier molecular flexibility index (Phi) is 23.6. The topological polar surface area (TPSA) is 108 Å². The van der Waals surface area contributed by atoms with Gasteiger partial charge in [-0.3, -0.25) is 9.36 Å². The smallest absolute Gasteiger partial charge is 0.331 e. The summed E-state index contributed by atoms with van der Waals surface area (Å²) in [6.07, 6.45) is 20.2. The molecule has 7 nitrogen and oxygen atoms in total. The molecular formula is C27H56NO6P. The van der Waals surface area contributed by atoms with Crippen molar-refractivity contribution in [1.29, 1.82) is 0 Å². The Morgan fingerprint density at radius 2 is 1.31 bits per heavy atom. The highest BCUT2D eigenvalue weighted by Gasteiger charge is 2.29. The van der Waals surface area contributed by atoms with Crippen LogP contribution in [-0.4, -0.2) is 49.0 Å². The summed E-state index contributed by atoms with van der Waals surface area (Å²) in [5, 5.41) is 0. The molecule has 35 heavy (non-hydrogen) atoms. The first kappa shape index (κ1) is 34.5. The third-order valence-corrected chi connectivity index (χ3v) is 8.25. The molecule has 0 aliphatic rings. The van der Waals surface area contributed by atoms with Gasteiger partial charge in [-0.05, 0) is 25.8 Å². The van der Waals surface area contributed by atoms with Crippen LogP contribution in [0.2, 0.25) is 0 Å². The number of esters is 1. The van der Waals surface area contributed by atoms with Gasteiger partial charge in [-0.15, -0.1) is 0 Å². The SMILES string of the molecule is CCCCCCCCCCCCCCCCCOCC(COP(=O)(O)C(C)CCCN)OC(C)=O. The van der Waals surface area contributed by atoms with Gasteiger partial charge in [0.05, 0.1) is 18.9 Å². The Balaban J connectivity index is 3.74. The lowest BCUT2D eigenvalue weighted by molar-refractivity contribution is -0.151. The minimum Gasteiger partial charge on any atom is -0.458 e. The molecule has 0 rings (SSSR count). The number of rotatable bonds is 26. The zero-order chi connectivity index (χ0) is 26.2. The number of hydrogen-bond donors (Lipinski definition) is 2. The fourth-order valence-electron chi connectivity index (χ4n) is 4.03. The van der Waals surface area contributed by atoms with Crippen molar-refractivity contribution in [3.63, 3.8) is 0 Å². The molecular weight excluding hydrogens is 465 g/mol. The Labute approximate surface area is 215 Å². The van der Waals surface area contributed by atoms with E-state index in [1.807, 2.05) is 0 Å². The maximum absolute atomic E-state index is 12.4. The van der Waals surface area contributed by atoms with Gasteiger partial charge in [0.15, 0.2) is 0 Å². The van der Waals surface area contributed by atoms with Gasteiger partial charge in [-0.1, -0.05) is 104 Å². The third-order valence-electron chi connectivity index (χ3n) is 6.36. The van der Waals surface area contributed by atoms with Gasteiger partial charge in [0.25, 0.3) is 0 Å². The Morgan fingerprint density at radius 3 is 1.77 bits per heavy atom. The summed E-state index contributed by atoms with van der Waals surface area (Å²) in [5.74, 6) is -0.460. The van der Waals surface area contributed by atoms with E-state index in [1.54, 1.807) is 6.92 Å². The summed E-state index contributed by atoms with van der Waals surface area (Å²) in [7, 11) is -3.79. The zero-order valence-electron chi connectivity index (χ0n) is 23.0. The Bertz CT molecular complexity index is 534. The first-order valence-corrected chi connectivity index (χ1v) is 15.9. The molecule has 3 atom stereocenters. The van der Waals surface area contributed by atoms with Gasteiger partial charge in [0, 0.05) is 13.5 Å². The van der Waals surface area contributed by atoms with Crippen molar-refractivity contribution >= 4 is 13.6 Å². The van der Waals surface area contributed by atoms with E-state index >= 15 is 0 Å². The maximum Gasteiger partial charge on any atom is 0.331 e. The maximum atomic E-state index is 12.4. The molecule has 0 amide bonds. The molecule has 0 aromatic rings. The van der Waals surface area contributed by atoms with Gasteiger partial charge in [-0.25, -0.2) is 0 Å². The second kappa shape index (κ2) is 23.9. The number of carbonyl (C=O) groups is 1. The lowest BCUT2D eigenvalue weighted by Gasteiger charge is -2.22. The average Bonchev–Trinajstić information content (AvgIpc) is 2.82. The summed E-state index contributed by atoms with van der Waals surface area (Å²) in [6.45, 7) is 6.30. The highest BCUT2D eigenvalue weighted by molar-refractivity contribution is 7.53. The number of carbonyl (C=O) groups excluding carboxylic acids is 1. The molecule has 3 unspecified atom stereocenters. The first-order valence-electron chi connectivity index (χ1n) is 14.3. The van der Waals surface area contributed by atoms with Crippen LogP contribution >= 0.6 is 7.60 Å². The number of unbranched alkanes of at least 4 members (excludes halogenated alkanes) is 14. The molecule has 0 spiro atoms. The van der Waals surface area contributed by atoms with Gasteiger partial charge in [-0.2, -0.15) is 0 Å². The van der Waals surface area contributed by atoms with E-state index in [0.717, 1.165) is 12.8 Å². The van der Waals surface area contributed by atoms with Crippen LogP contribution < -0.4 is 5.73 Å². The van der Waals surface area contributed by atoms with E-state index in [4.69, 9.17) is 19.7 Å². The standard InChI is InChI=1S/C27H56NO6P/c1-4-5-6-7-8-9-10-11-12-13-14-15-16-17-18-22-32-23-27(34-26(3)29)24-33-35(30,31)25(2)20-19-21-28/h25,27H,4-24,28H2,1-3H3,(H,30,31). The largest absolute Gasteiger partial charge is 0.458 e. The highest BCUT2D eigenvalue weighted by atomic mass is 31.2. The van der Waals surface area contributed by atoms with Crippen molar-refractivity contribution < 1.29 is 28.3 Å². The van der Waals surface area contributed by atoms with E-state index in [0.29, 0.717) is 26.0 Å². The second-order valence-corrected chi connectivity index (χ2v) is 12.2. The molecule has 8 heteroatoms. The van der Waals surface area contributed by atoms with Gasteiger partial charge in [0.1, 0.15) is 6.10 Å². The lowest BCUT2D eigenvalue weighted by Crippen LogP contribution is -2.28. The average molecular weight is 522 g/mol. The summed E-state index contributed by atoms with van der Waals surface area (Å²) >= 11 is 0. The van der Waals surface area contributed by atoms with E-state index in [2.05, 4.69) is 6.92 Å². The van der Waals surface area contributed by atoms with Crippen LogP contribution in [-0.2, 0) is 23.4 Å². The molecule has 0 fully saturated rings. The van der Waals surface area contributed by atoms with Gasteiger partial charge < -0.3 is 24.6 Å². The van der Waals surface area contributed by atoms with Crippen LogP contribution in [0.15, 0.2) is 0 Å². The molecule has 0 saturated carbocycles. The van der Waals surface area contributed by atoms with Gasteiger partial charge in [0.2, 0.25) is 0 Å². The van der Waals surface area contributed by atoms with Crippen molar-refractivity contribution in [2.75, 3.05) is 26.4 Å². The van der Waals surface area contributed by atoms with Crippen LogP contribution in [0.5, 0.6) is 0 Å². The summed E-state index contributed by atoms with van der Waals surface area (Å²) in [5.41, 5.74) is 4.96. The number of ether oxygens (including phenoxy) is 2. The van der Waals surface area contributed by atoms with Crippen LogP contribution in [0.1, 0.15) is 130 Å². The van der Waals surface area contributed by atoms with Crippen LogP contribution in [0.4, 0.5) is 0 Å². The molecule has 0 aliphatic carbocycles. The predicted octanol–water partition coefficient (Wildman–Crippen LogP) is 7.14. The zero-order valence-corrected chi connectivity index (χ0v) is 23.9. The van der Waals surface area contributed by atoms with Crippen LogP contribution in [0.3, 0.4) is 0 Å². The molecule has 3 N–H and O–H groups in total. The van der Waals surface area contributed by atoms with Crippen molar-refractivity contribution in [3.05, 3.63) is 0 Å². The highest BCUT2D eigenvalue weighted by Crippen LogP contribution is 2.49. The molecule has 0 aromatic carbocycles. The summed E-state index contributed by atoms with van der Waals surface area (Å²) in [4.78, 5) is 21.5. The number of nitrogens with two attached hydrogens (primary N) is 1. The minimum atomic E-state index is -3.79. The van der Waals surface area contributed by atoms with E-state index in [-0.39, 0.29) is 13.2 Å². The second-order valence-electron chi connectivity index (χ2n) is 9.90. The monoisotopic (exact) mass is 521 g/mol. The first-order chi connectivity index (χ1) is 16.8. The van der Waals surface area contributed by atoms with E-state index in [9.17, 15) is 14.3 Å². The summed E-state index contributed by atoms with van der Waals surface area (Å²) in [6, 6.07) is 0. The van der Waals surface area contributed by atoms with E-state index < -0.39 is 25.3 Å². The fraction of sp³-hybridized carbons (Fsp3) is 0.963. The molecule has 0 radical (unpaired) electrons. The molecule has 210 valence electrons. The number of hydrogen-bond acceptors (Lipinski definition) is 6. The molecule has 0 bridgehead atoms. The fourth-order valence-corrected chi connectivity index (χ4v) is 5.18. The Hall–Kier alpha value is -0.460. The van der Waals surface area contributed by atoms with E-state index in [1.165, 1.54) is 90.4 Å². The summed E-state index contributed by atoms with van der Waals surface area (Å²) < 4.78 is 28.5. The molecule has 0 aromatic heterocycles. The Morgan fingerprint density at radius 1 is 0.829 bits per heavy atom. The van der Waals surface area contributed by atoms with Crippen molar-refractivity contribution in [2.24, 2.45) is 5.73 Å². The third kappa shape index (κ3) is 22.5. The van der Waals surface area contributed by atoms with Crippen LogP contribution in [0, 0.1) is 0 Å². The van der Waals surface area contributed by atoms with Crippen molar-refractivity contribution in [1.82, 2.24) is 0 Å². The molecule has 0 saturated heterocycles. The lowest BCUT2D eigenvalue weighted by atomic mass is 10.0.